The van der Waals surface area contributed by atoms with E-state index in [0.717, 1.165) is 24.3 Å². The van der Waals surface area contributed by atoms with Crippen molar-refractivity contribution in [2.45, 2.75) is 39.2 Å². The maximum absolute atomic E-state index is 5.82. The molecule has 0 saturated carbocycles. The zero-order chi connectivity index (χ0) is 15.6. The van der Waals surface area contributed by atoms with Gasteiger partial charge in [0, 0.05) is 12.1 Å². The summed E-state index contributed by atoms with van der Waals surface area (Å²) in [5, 5.41) is 3.11. The fourth-order valence-corrected chi connectivity index (χ4v) is 2.10. The Bertz CT molecular complexity index is 577. The van der Waals surface area contributed by atoms with Crippen molar-refractivity contribution in [3.8, 4) is 11.3 Å². The average Bonchev–Trinajstić information content (AvgIpc) is 3.02. The third kappa shape index (κ3) is 5.24. The van der Waals surface area contributed by atoms with Crippen molar-refractivity contribution in [1.82, 2.24) is 10.3 Å². The maximum atomic E-state index is 5.82. The van der Waals surface area contributed by atoms with E-state index in [1.807, 2.05) is 30.3 Å². The van der Waals surface area contributed by atoms with Gasteiger partial charge in [-0.2, -0.15) is 0 Å². The van der Waals surface area contributed by atoms with Crippen molar-refractivity contribution in [3.63, 3.8) is 0 Å². The largest absolute Gasteiger partial charge is 0.439 e. The average molecular weight is 300 g/mol. The molecule has 22 heavy (non-hydrogen) atoms. The first kappa shape index (κ1) is 16.1. The van der Waals surface area contributed by atoms with Gasteiger partial charge in [0.15, 0.2) is 11.7 Å². The van der Waals surface area contributed by atoms with Gasteiger partial charge in [0.1, 0.15) is 6.54 Å². The lowest BCUT2D eigenvalue weighted by Crippen LogP contribution is -2.32. The van der Waals surface area contributed by atoms with Crippen LogP contribution in [-0.4, -0.2) is 17.5 Å². The molecule has 2 aromatic rings. The molecule has 0 aliphatic rings. The zero-order valence-corrected chi connectivity index (χ0v) is 13.1. The fourth-order valence-electron chi connectivity index (χ4n) is 2.10. The number of unbranched alkanes of at least 4 members (excludes halogenated alkanes) is 3. The SMILES string of the molecule is CCCCCCNC(N)=NCc1ncc(-c2ccccc2)o1. The lowest BCUT2D eigenvalue weighted by molar-refractivity contribution is 0.509. The van der Waals surface area contributed by atoms with Gasteiger partial charge in [-0.1, -0.05) is 56.5 Å². The van der Waals surface area contributed by atoms with Crippen LogP contribution in [0.4, 0.5) is 0 Å². The van der Waals surface area contributed by atoms with Crippen molar-refractivity contribution in [2.75, 3.05) is 6.54 Å². The molecule has 0 unspecified atom stereocenters. The lowest BCUT2D eigenvalue weighted by atomic mass is 10.2. The summed E-state index contributed by atoms with van der Waals surface area (Å²) in [6.45, 7) is 3.40. The van der Waals surface area contributed by atoms with Gasteiger partial charge in [-0.05, 0) is 6.42 Å². The summed E-state index contributed by atoms with van der Waals surface area (Å²) in [6.07, 6.45) is 6.54. The van der Waals surface area contributed by atoms with E-state index in [-0.39, 0.29) is 0 Å². The number of nitrogens with one attached hydrogen (secondary N) is 1. The molecule has 0 aliphatic heterocycles. The van der Waals surface area contributed by atoms with Crippen molar-refractivity contribution in [3.05, 3.63) is 42.4 Å². The molecule has 2 rings (SSSR count). The van der Waals surface area contributed by atoms with Crippen LogP contribution in [0.15, 0.2) is 45.9 Å². The van der Waals surface area contributed by atoms with Gasteiger partial charge < -0.3 is 15.5 Å². The van der Waals surface area contributed by atoms with Crippen LogP contribution < -0.4 is 11.1 Å². The second-order valence-corrected chi connectivity index (χ2v) is 5.17. The molecule has 118 valence electrons. The van der Waals surface area contributed by atoms with E-state index in [4.69, 9.17) is 10.2 Å². The minimum atomic E-state index is 0.348. The molecule has 1 heterocycles. The molecule has 0 bridgehead atoms. The molecule has 0 atom stereocenters. The van der Waals surface area contributed by atoms with Crippen LogP contribution in [0, 0.1) is 0 Å². The Morgan fingerprint density at radius 2 is 2.05 bits per heavy atom. The van der Waals surface area contributed by atoms with Gasteiger partial charge in [0.05, 0.1) is 6.20 Å². The first-order valence-electron chi connectivity index (χ1n) is 7.83. The van der Waals surface area contributed by atoms with E-state index in [2.05, 4.69) is 22.2 Å². The predicted octanol–water partition coefficient (Wildman–Crippen LogP) is 3.33. The molecular formula is C17H24N4O. The number of hydrogen-bond acceptors (Lipinski definition) is 3. The molecule has 1 aromatic heterocycles. The van der Waals surface area contributed by atoms with Gasteiger partial charge in [0.2, 0.25) is 5.89 Å². The van der Waals surface area contributed by atoms with Gasteiger partial charge >= 0.3 is 0 Å². The lowest BCUT2D eigenvalue weighted by Gasteiger charge is -2.04. The van der Waals surface area contributed by atoms with Crippen molar-refractivity contribution >= 4 is 5.96 Å². The highest BCUT2D eigenvalue weighted by molar-refractivity contribution is 5.77. The number of oxazole rings is 1. The molecule has 0 aliphatic carbocycles. The highest BCUT2D eigenvalue weighted by Crippen LogP contribution is 2.19. The number of nitrogens with two attached hydrogens (primary N) is 1. The van der Waals surface area contributed by atoms with Crippen molar-refractivity contribution < 1.29 is 4.42 Å². The quantitative estimate of drug-likeness (QED) is 0.445. The number of aliphatic imine (C=N–C) groups is 1. The zero-order valence-electron chi connectivity index (χ0n) is 13.1. The molecule has 0 saturated heterocycles. The van der Waals surface area contributed by atoms with E-state index in [1.165, 1.54) is 19.3 Å². The fraction of sp³-hybridized carbons (Fsp3) is 0.412. The number of nitrogens with zero attached hydrogens (tertiary/aromatic N) is 2. The summed E-state index contributed by atoms with van der Waals surface area (Å²) in [4.78, 5) is 8.47. The Hall–Kier alpha value is -2.30. The topological polar surface area (TPSA) is 76.4 Å². The predicted molar refractivity (Wildman–Crippen MR) is 89.4 cm³/mol. The Balaban J connectivity index is 1.79. The summed E-state index contributed by atoms with van der Waals surface area (Å²) in [5.74, 6) is 1.75. The Kier molecular flexibility index (Phi) is 6.48. The number of aromatic nitrogens is 1. The molecule has 0 amide bonds. The van der Waals surface area contributed by atoms with Gasteiger partial charge in [0.25, 0.3) is 0 Å². The number of benzene rings is 1. The minimum Gasteiger partial charge on any atom is -0.439 e. The number of hydrogen-bond donors (Lipinski definition) is 2. The highest BCUT2D eigenvalue weighted by Gasteiger charge is 2.05. The summed E-state index contributed by atoms with van der Waals surface area (Å²) in [5.41, 5.74) is 6.83. The smallest absolute Gasteiger partial charge is 0.216 e. The third-order valence-corrected chi connectivity index (χ3v) is 3.33. The Morgan fingerprint density at radius 3 is 2.82 bits per heavy atom. The standard InChI is InChI=1S/C17H24N4O/c1-2-3-4-8-11-19-17(18)21-13-16-20-12-15(22-16)14-9-6-5-7-10-14/h5-7,9-10,12H,2-4,8,11,13H2,1H3,(H3,18,19,21). The van der Waals surface area contributed by atoms with Crippen LogP contribution in [0.3, 0.4) is 0 Å². The first-order valence-corrected chi connectivity index (χ1v) is 7.83. The Labute approximate surface area is 131 Å². The van der Waals surface area contributed by atoms with Crippen molar-refractivity contribution in [2.24, 2.45) is 10.7 Å². The summed E-state index contributed by atoms with van der Waals surface area (Å²) < 4.78 is 5.68. The normalized spacial score (nSPS) is 11.6. The van der Waals surface area contributed by atoms with E-state index in [9.17, 15) is 0 Å². The Morgan fingerprint density at radius 1 is 1.23 bits per heavy atom. The van der Waals surface area contributed by atoms with Crippen LogP contribution >= 0.6 is 0 Å². The van der Waals surface area contributed by atoms with Crippen LogP contribution in [0.5, 0.6) is 0 Å². The molecule has 0 spiro atoms. The summed E-state index contributed by atoms with van der Waals surface area (Å²) in [7, 11) is 0. The van der Waals surface area contributed by atoms with E-state index in [1.54, 1.807) is 6.20 Å². The van der Waals surface area contributed by atoms with E-state index < -0.39 is 0 Å². The van der Waals surface area contributed by atoms with Gasteiger partial charge in [-0.15, -0.1) is 0 Å². The number of rotatable bonds is 8. The van der Waals surface area contributed by atoms with E-state index in [0.29, 0.717) is 18.4 Å². The van der Waals surface area contributed by atoms with Crippen LogP contribution in [0.2, 0.25) is 0 Å². The molecular weight excluding hydrogens is 276 g/mol. The first-order chi connectivity index (χ1) is 10.8. The molecule has 5 nitrogen and oxygen atoms in total. The van der Waals surface area contributed by atoms with Crippen molar-refractivity contribution in [1.29, 1.82) is 0 Å². The summed E-state index contributed by atoms with van der Waals surface area (Å²) >= 11 is 0. The second kappa shape index (κ2) is 8.87. The molecule has 3 N–H and O–H groups in total. The maximum Gasteiger partial charge on any atom is 0.216 e. The van der Waals surface area contributed by atoms with Crippen LogP contribution in [-0.2, 0) is 6.54 Å². The molecule has 0 fully saturated rings. The number of guanidine groups is 1. The summed E-state index contributed by atoms with van der Waals surface area (Å²) in [6, 6.07) is 9.88. The highest BCUT2D eigenvalue weighted by atomic mass is 16.4. The van der Waals surface area contributed by atoms with Crippen LogP contribution in [0.25, 0.3) is 11.3 Å². The third-order valence-electron chi connectivity index (χ3n) is 3.33. The minimum absolute atomic E-state index is 0.348. The van der Waals surface area contributed by atoms with E-state index >= 15 is 0 Å². The van der Waals surface area contributed by atoms with Gasteiger partial charge in [-0.25, -0.2) is 9.98 Å². The second-order valence-electron chi connectivity index (χ2n) is 5.17. The monoisotopic (exact) mass is 300 g/mol. The van der Waals surface area contributed by atoms with Crippen LogP contribution in [0.1, 0.15) is 38.5 Å². The molecule has 0 radical (unpaired) electrons. The molecule has 1 aromatic carbocycles. The van der Waals surface area contributed by atoms with Gasteiger partial charge in [-0.3, -0.25) is 0 Å². The molecule has 5 heteroatoms.